The van der Waals surface area contributed by atoms with Crippen molar-refractivity contribution in [2.24, 2.45) is 7.05 Å². The SMILES string of the molecule is Cc1nn(C)c(Cl)c1CN1CCC(c2c[nH]c3ccccc23)CC1. The Balaban J connectivity index is 1.45. The minimum atomic E-state index is 0.642. The Morgan fingerprint density at radius 1 is 1.25 bits per heavy atom. The molecule has 1 saturated heterocycles. The van der Waals surface area contributed by atoms with Crippen molar-refractivity contribution in [2.75, 3.05) is 13.1 Å². The van der Waals surface area contributed by atoms with Gasteiger partial charge in [0.15, 0.2) is 0 Å². The van der Waals surface area contributed by atoms with Gasteiger partial charge in [-0.05, 0) is 50.4 Å². The molecule has 0 unspecified atom stereocenters. The monoisotopic (exact) mass is 342 g/mol. The van der Waals surface area contributed by atoms with Crippen LogP contribution < -0.4 is 0 Å². The van der Waals surface area contributed by atoms with Crippen molar-refractivity contribution in [1.82, 2.24) is 19.7 Å². The Morgan fingerprint density at radius 3 is 2.71 bits per heavy atom. The van der Waals surface area contributed by atoms with Crippen LogP contribution in [0.2, 0.25) is 5.15 Å². The number of aromatic amines is 1. The number of benzene rings is 1. The highest BCUT2D eigenvalue weighted by Crippen LogP contribution is 2.34. The minimum absolute atomic E-state index is 0.642. The van der Waals surface area contributed by atoms with E-state index in [1.54, 1.807) is 4.68 Å². The Hall–Kier alpha value is -1.78. The van der Waals surface area contributed by atoms with Gasteiger partial charge in [-0.15, -0.1) is 0 Å². The van der Waals surface area contributed by atoms with Crippen LogP contribution in [0, 0.1) is 6.92 Å². The number of piperidine rings is 1. The molecule has 0 atom stereocenters. The second-order valence-corrected chi connectivity index (χ2v) is 7.18. The van der Waals surface area contributed by atoms with Gasteiger partial charge >= 0.3 is 0 Å². The van der Waals surface area contributed by atoms with E-state index >= 15 is 0 Å². The number of likely N-dealkylation sites (tertiary alicyclic amines) is 1. The van der Waals surface area contributed by atoms with Gasteiger partial charge in [-0.3, -0.25) is 9.58 Å². The van der Waals surface area contributed by atoms with E-state index in [9.17, 15) is 0 Å². The lowest BCUT2D eigenvalue weighted by molar-refractivity contribution is 0.205. The maximum absolute atomic E-state index is 6.38. The van der Waals surface area contributed by atoms with Crippen LogP contribution in [0.5, 0.6) is 0 Å². The fraction of sp³-hybridized carbons (Fsp3) is 0.421. The largest absolute Gasteiger partial charge is 0.361 e. The third-order valence-electron chi connectivity index (χ3n) is 5.30. The summed E-state index contributed by atoms with van der Waals surface area (Å²) in [5.74, 6) is 0.642. The number of halogens is 1. The van der Waals surface area contributed by atoms with Gasteiger partial charge in [0.25, 0.3) is 0 Å². The number of nitrogens with zero attached hydrogens (tertiary/aromatic N) is 3. The van der Waals surface area contributed by atoms with Crippen LogP contribution >= 0.6 is 11.6 Å². The molecule has 0 spiro atoms. The van der Waals surface area contributed by atoms with Gasteiger partial charge in [-0.25, -0.2) is 0 Å². The summed E-state index contributed by atoms with van der Waals surface area (Å²) in [4.78, 5) is 5.91. The van der Waals surface area contributed by atoms with E-state index in [-0.39, 0.29) is 0 Å². The van der Waals surface area contributed by atoms with E-state index in [0.717, 1.165) is 30.5 Å². The zero-order chi connectivity index (χ0) is 16.7. The van der Waals surface area contributed by atoms with Crippen molar-refractivity contribution < 1.29 is 0 Å². The normalized spacial score (nSPS) is 17.0. The number of para-hydroxylation sites is 1. The van der Waals surface area contributed by atoms with Crippen LogP contribution in [0.1, 0.15) is 35.6 Å². The highest BCUT2D eigenvalue weighted by molar-refractivity contribution is 6.30. The molecule has 126 valence electrons. The van der Waals surface area contributed by atoms with Crippen LogP contribution in [0.3, 0.4) is 0 Å². The third-order valence-corrected chi connectivity index (χ3v) is 5.77. The fourth-order valence-corrected chi connectivity index (χ4v) is 4.15. The van der Waals surface area contributed by atoms with Crippen molar-refractivity contribution >= 4 is 22.5 Å². The van der Waals surface area contributed by atoms with E-state index in [1.807, 2.05) is 14.0 Å². The van der Waals surface area contributed by atoms with Crippen molar-refractivity contribution in [1.29, 1.82) is 0 Å². The van der Waals surface area contributed by atoms with Gasteiger partial charge in [-0.1, -0.05) is 29.8 Å². The molecule has 1 aromatic carbocycles. The Bertz CT molecular complexity index is 856. The third kappa shape index (κ3) is 2.74. The molecule has 0 bridgehead atoms. The van der Waals surface area contributed by atoms with Crippen molar-refractivity contribution in [2.45, 2.75) is 32.2 Å². The van der Waals surface area contributed by atoms with E-state index in [2.05, 4.69) is 45.4 Å². The Kier molecular flexibility index (Phi) is 4.10. The number of rotatable bonds is 3. The lowest BCUT2D eigenvalue weighted by atomic mass is 9.89. The van der Waals surface area contributed by atoms with E-state index in [1.165, 1.54) is 34.9 Å². The zero-order valence-corrected chi connectivity index (χ0v) is 15.0. The van der Waals surface area contributed by atoms with Gasteiger partial charge < -0.3 is 4.98 Å². The summed E-state index contributed by atoms with van der Waals surface area (Å²) in [5.41, 5.74) is 4.93. The standard InChI is InChI=1S/C19H23ClN4/c1-13-17(19(20)23(2)22-13)12-24-9-7-14(8-10-24)16-11-21-18-6-4-3-5-15(16)18/h3-6,11,14,21H,7-10,12H2,1-2H3. The van der Waals surface area contributed by atoms with E-state index in [0.29, 0.717) is 5.92 Å². The summed E-state index contributed by atoms with van der Waals surface area (Å²) >= 11 is 6.38. The van der Waals surface area contributed by atoms with E-state index < -0.39 is 0 Å². The molecule has 0 radical (unpaired) electrons. The molecule has 1 aliphatic rings. The zero-order valence-electron chi connectivity index (χ0n) is 14.2. The van der Waals surface area contributed by atoms with Crippen LogP contribution in [0.15, 0.2) is 30.5 Å². The van der Waals surface area contributed by atoms with Gasteiger partial charge in [0, 0.05) is 36.3 Å². The lowest BCUT2D eigenvalue weighted by Crippen LogP contribution is -2.32. The van der Waals surface area contributed by atoms with Crippen LogP contribution in [-0.2, 0) is 13.6 Å². The van der Waals surface area contributed by atoms with Crippen LogP contribution in [0.25, 0.3) is 10.9 Å². The molecule has 1 fully saturated rings. The molecule has 2 aromatic heterocycles. The summed E-state index contributed by atoms with van der Waals surface area (Å²) in [6, 6.07) is 8.60. The van der Waals surface area contributed by atoms with E-state index in [4.69, 9.17) is 11.6 Å². The lowest BCUT2D eigenvalue weighted by Gasteiger charge is -2.32. The maximum atomic E-state index is 6.38. The number of hydrogen-bond acceptors (Lipinski definition) is 2. The van der Waals surface area contributed by atoms with Crippen molar-refractivity contribution in [3.05, 3.63) is 52.4 Å². The summed E-state index contributed by atoms with van der Waals surface area (Å²) in [5, 5.41) is 6.57. The summed E-state index contributed by atoms with van der Waals surface area (Å²) < 4.78 is 1.77. The fourth-order valence-electron chi connectivity index (χ4n) is 3.91. The van der Waals surface area contributed by atoms with Crippen molar-refractivity contribution in [3.8, 4) is 0 Å². The second-order valence-electron chi connectivity index (χ2n) is 6.82. The van der Waals surface area contributed by atoms with Crippen LogP contribution in [0.4, 0.5) is 0 Å². The number of H-pyrrole nitrogens is 1. The first-order valence-corrected chi connectivity index (χ1v) is 8.97. The number of nitrogens with one attached hydrogen (secondary N) is 1. The first-order chi connectivity index (χ1) is 11.6. The molecule has 1 N–H and O–H groups in total. The molecule has 5 heteroatoms. The molecular formula is C19H23ClN4. The molecule has 24 heavy (non-hydrogen) atoms. The highest BCUT2D eigenvalue weighted by atomic mass is 35.5. The average molecular weight is 343 g/mol. The minimum Gasteiger partial charge on any atom is -0.361 e. The predicted octanol–water partition coefficient (Wildman–Crippen LogP) is 4.24. The molecular weight excluding hydrogens is 320 g/mol. The van der Waals surface area contributed by atoms with Gasteiger partial charge in [0.05, 0.1) is 5.69 Å². The summed E-state index contributed by atoms with van der Waals surface area (Å²) in [7, 11) is 1.90. The average Bonchev–Trinajstić information content (AvgIpc) is 3.12. The van der Waals surface area contributed by atoms with Gasteiger partial charge in [0.2, 0.25) is 0 Å². The number of aromatic nitrogens is 3. The quantitative estimate of drug-likeness (QED) is 0.772. The van der Waals surface area contributed by atoms with Gasteiger partial charge in [0.1, 0.15) is 5.15 Å². The molecule has 3 heterocycles. The molecule has 3 aromatic rings. The van der Waals surface area contributed by atoms with Crippen molar-refractivity contribution in [3.63, 3.8) is 0 Å². The van der Waals surface area contributed by atoms with Gasteiger partial charge in [-0.2, -0.15) is 5.10 Å². The molecule has 4 rings (SSSR count). The second kappa shape index (κ2) is 6.26. The topological polar surface area (TPSA) is 36.9 Å². The first-order valence-electron chi connectivity index (χ1n) is 8.60. The Morgan fingerprint density at radius 2 is 2.00 bits per heavy atom. The maximum Gasteiger partial charge on any atom is 0.131 e. The molecule has 1 aliphatic heterocycles. The first kappa shape index (κ1) is 15.7. The molecule has 0 aliphatic carbocycles. The summed E-state index contributed by atoms with van der Waals surface area (Å²) in [6.07, 6.45) is 4.59. The molecule has 4 nitrogen and oxygen atoms in total. The number of aryl methyl sites for hydroxylation is 2. The number of fused-ring (bicyclic) bond motifs is 1. The number of hydrogen-bond donors (Lipinski definition) is 1. The van der Waals surface area contributed by atoms with Crippen LogP contribution in [-0.4, -0.2) is 32.8 Å². The Labute approximate surface area is 147 Å². The molecule has 0 amide bonds. The highest BCUT2D eigenvalue weighted by Gasteiger charge is 2.24. The predicted molar refractivity (Wildman–Crippen MR) is 98.5 cm³/mol. The summed E-state index contributed by atoms with van der Waals surface area (Å²) in [6.45, 7) is 5.16. The smallest absolute Gasteiger partial charge is 0.131 e. The molecule has 0 saturated carbocycles.